The Morgan fingerprint density at radius 1 is 1.50 bits per heavy atom. The molecule has 0 saturated heterocycles. The van der Waals surface area contributed by atoms with Crippen LogP contribution in [0.5, 0.6) is 5.88 Å². The van der Waals surface area contributed by atoms with Crippen LogP contribution in [0.1, 0.15) is 0 Å². The Balaban J connectivity index is 2.25. The number of hydrogen-bond donors (Lipinski definition) is 1. The summed E-state index contributed by atoms with van der Waals surface area (Å²) in [5.74, 6) is 0.390. The van der Waals surface area contributed by atoms with E-state index in [4.69, 9.17) is 21.4 Å². The molecule has 3 aromatic heterocycles. The van der Waals surface area contributed by atoms with E-state index < -0.39 is 0 Å². The van der Waals surface area contributed by atoms with E-state index in [-0.39, 0.29) is 13.2 Å². The van der Waals surface area contributed by atoms with E-state index in [0.29, 0.717) is 22.2 Å². The van der Waals surface area contributed by atoms with Gasteiger partial charge in [0.05, 0.1) is 12.9 Å². The average Bonchev–Trinajstić information content (AvgIpc) is 2.90. The van der Waals surface area contributed by atoms with Gasteiger partial charge in [0.15, 0.2) is 16.4 Å². The summed E-state index contributed by atoms with van der Waals surface area (Å²) in [5.41, 5.74) is 1.90. The zero-order valence-corrected chi connectivity index (χ0v) is 10.3. The molecule has 0 aliphatic heterocycles. The fraction of sp³-hybridized carbons (Fsp3) is 0.300. The van der Waals surface area contributed by atoms with Crippen LogP contribution in [0.25, 0.3) is 16.8 Å². The third-order valence-electron chi connectivity index (χ3n) is 2.52. The van der Waals surface area contributed by atoms with Crippen molar-refractivity contribution in [2.45, 2.75) is 0 Å². The lowest BCUT2D eigenvalue weighted by molar-refractivity contribution is 0.196. The van der Waals surface area contributed by atoms with Gasteiger partial charge in [-0.3, -0.25) is 0 Å². The quantitative estimate of drug-likeness (QED) is 0.705. The van der Waals surface area contributed by atoms with E-state index in [1.165, 1.54) is 0 Å². The molecule has 1 N–H and O–H groups in total. The van der Waals surface area contributed by atoms with Crippen molar-refractivity contribution < 1.29 is 9.84 Å². The SMILES string of the molecule is Cn1cnc2c(Cl)nc3cc(OCCO)nn3c21. The Hall–Kier alpha value is -1.86. The van der Waals surface area contributed by atoms with Crippen molar-refractivity contribution in [1.82, 2.24) is 24.1 Å². The second-order valence-corrected chi connectivity index (χ2v) is 4.11. The maximum atomic E-state index is 8.72. The molecule has 0 fully saturated rings. The highest BCUT2D eigenvalue weighted by Crippen LogP contribution is 2.23. The van der Waals surface area contributed by atoms with Crippen molar-refractivity contribution in [2.75, 3.05) is 13.2 Å². The number of aliphatic hydroxyl groups is 1. The second kappa shape index (κ2) is 4.11. The average molecular weight is 268 g/mol. The monoisotopic (exact) mass is 267 g/mol. The first-order chi connectivity index (χ1) is 8.70. The molecule has 0 radical (unpaired) electrons. The fourth-order valence-corrected chi connectivity index (χ4v) is 2.00. The summed E-state index contributed by atoms with van der Waals surface area (Å²) in [6.45, 7) is 0.120. The molecular weight excluding hydrogens is 258 g/mol. The smallest absolute Gasteiger partial charge is 0.235 e. The van der Waals surface area contributed by atoms with Crippen LogP contribution in [0.15, 0.2) is 12.4 Å². The summed E-state index contributed by atoms with van der Waals surface area (Å²) in [7, 11) is 1.85. The van der Waals surface area contributed by atoms with Crippen LogP contribution >= 0.6 is 11.6 Å². The van der Waals surface area contributed by atoms with E-state index >= 15 is 0 Å². The van der Waals surface area contributed by atoms with Gasteiger partial charge in [-0.05, 0) is 0 Å². The first-order valence-corrected chi connectivity index (χ1v) is 5.68. The summed E-state index contributed by atoms with van der Waals surface area (Å²) in [6, 6.07) is 1.66. The van der Waals surface area contributed by atoms with Gasteiger partial charge in [0.2, 0.25) is 5.88 Å². The van der Waals surface area contributed by atoms with Crippen molar-refractivity contribution in [3.8, 4) is 5.88 Å². The van der Waals surface area contributed by atoms with Gasteiger partial charge in [0, 0.05) is 13.1 Å². The maximum absolute atomic E-state index is 8.72. The van der Waals surface area contributed by atoms with Gasteiger partial charge < -0.3 is 14.4 Å². The maximum Gasteiger partial charge on any atom is 0.235 e. The minimum atomic E-state index is -0.0663. The summed E-state index contributed by atoms with van der Waals surface area (Å²) >= 11 is 6.05. The third kappa shape index (κ3) is 1.59. The highest BCUT2D eigenvalue weighted by atomic mass is 35.5. The molecule has 0 aliphatic rings. The Kier molecular flexibility index (Phi) is 2.57. The van der Waals surface area contributed by atoms with Crippen LogP contribution < -0.4 is 4.74 Å². The van der Waals surface area contributed by atoms with Crippen molar-refractivity contribution >= 4 is 28.4 Å². The zero-order chi connectivity index (χ0) is 12.7. The fourth-order valence-electron chi connectivity index (χ4n) is 1.78. The van der Waals surface area contributed by atoms with Crippen LogP contribution in [0.3, 0.4) is 0 Å². The van der Waals surface area contributed by atoms with Gasteiger partial charge in [-0.2, -0.15) is 4.52 Å². The molecule has 3 rings (SSSR count). The van der Waals surface area contributed by atoms with Crippen LogP contribution in [0.4, 0.5) is 0 Å². The molecular formula is C10H10ClN5O2. The Morgan fingerprint density at radius 2 is 2.33 bits per heavy atom. The molecule has 0 spiro atoms. The van der Waals surface area contributed by atoms with E-state index in [1.807, 2.05) is 7.05 Å². The third-order valence-corrected chi connectivity index (χ3v) is 2.79. The topological polar surface area (TPSA) is 77.5 Å². The highest BCUT2D eigenvalue weighted by molar-refractivity contribution is 6.33. The predicted molar refractivity (Wildman–Crippen MR) is 64.8 cm³/mol. The molecule has 0 unspecified atom stereocenters. The molecule has 0 aliphatic carbocycles. The van der Waals surface area contributed by atoms with Crippen LogP contribution in [-0.4, -0.2) is 42.5 Å². The number of ether oxygens (including phenoxy) is 1. The van der Waals surface area contributed by atoms with E-state index in [2.05, 4.69) is 15.1 Å². The second-order valence-electron chi connectivity index (χ2n) is 3.75. The molecule has 94 valence electrons. The molecule has 0 bridgehead atoms. The number of aromatic nitrogens is 5. The molecule has 0 amide bonds. The van der Waals surface area contributed by atoms with Gasteiger partial charge in [-0.1, -0.05) is 11.6 Å². The summed E-state index contributed by atoms with van der Waals surface area (Å²) in [6.07, 6.45) is 1.65. The minimum Gasteiger partial charge on any atom is -0.474 e. The van der Waals surface area contributed by atoms with E-state index in [9.17, 15) is 0 Å². The number of imidazole rings is 1. The standard InChI is InChI=1S/C10H10ClN5O2/c1-15-5-12-8-9(11)13-6-4-7(18-3-2-17)14-16(6)10(8)15/h4-5,17H,2-3H2,1H3. The van der Waals surface area contributed by atoms with E-state index in [1.54, 1.807) is 21.5 Å². The highest BCUT2D eigenvalue weighted by Gasteiger charge is 2.14. The van der Waals surface area contributed by atoms with Gasteiger partial charge in [0.25, 0.3) is 0 Å². The zero-order valence-electron chi connectivity index (χ0n) is 9.54. The number of nitrogens with zero attached hydrogens (tertiary/aromatic N) is 5. The van der Waals surface area contributed by atoms with Crippen LogP contribution in [0, 0.1) is 0 Å². The van der Waals surface area contributed by atoms with Crippen molar-refractivity contribution in [3.63, 3.8) is 0 Å². The summed E-state index contributed by atoms with van der Waals surface area (Å²) in [5, 5.41) is 13.3. The van der Waals surface area contributed by atoms with Gasteiger partial charge in [-0.25, -0.2) is 9.97 Å². The molecule has 7 nitrogen and oxygen atoms in total. The van der Waals surface area contributed by atoms with Gasteiger partial charge >= 0.3 is 0 Å². The van der Waals surface area contributed by atoms with Gasteiger partial charge in [0.1, 0.15) is 12.1 Å². The number of aliphatic hydroxyl groups excluding tert-OH is 1. The predicted octanol–water partition coefficient (Wildman–Crippen LogP) is 0.640. The lowest BCUT2D eigenvalue weighted by Gasteiger charge is -1.99. The van der Waals surface area contributed by atoms with E-state index in [0.717, 1.165) is 5.65 Å². The number of rotatable bonds is 3. The van der Waals surface area contributed by atoms with Crippen molar-refractivity contribution in [2.24, 2.45) is 7.05 Å². The molecule has 0 atom stereocenters. The Morgan fingerprint density at radius 3 is 3.11 bits per heavy atom. The largest absolute Gasteiger partial charge is 0.474 e. The number of halogens is 1. The van der Waals surface area contributed by atoms with Crippen LogP contribution in [0.2, 0.25) is 5.15 Å². The normalized spacial score (nSPS) is 11.5. The molecule has 0 saturated carbocycles. The van der Waals surface area contributed by atoms with Crippen molar-refractivity contribution in [3.05, 3.63) is 17.5 Å². The lowest BCUT2D eigenvalue weighted by atomic mass is 10.5. The summed E-state index contributed by atoms with van der Waals surface area (Å²) in [4.78, 5) is 8.36. The Bertz CT molecular complexity index is 720. The first kappa shape index (κ1) is 11.2. The lowest BCUT2D eigenvalue weighted by Crippen LogP contribution is -2.02. The van der Waals surface area contributed by atoms with Crippen LogP contribution in [-0.2, 0) is 7.05 Å². The molecule has 8 heteroatoms. The van der Waals surface area contributed by atoms with Gasteiger partial charge in [-0.15, -0.1) is 5.10 Å². The molecule has 0 aromatic carbocycles. The number of hydrogen-bond acceptors (Lipinski definition) is 5. The van der Waals surface area contributed by atoms with Crippen molar-refractivity contribution in [1.29, 1.82) is 0 Å². The minimum absolute atomic E-state index is 0.0663. The first-order valence-electron chi connectivity index (χ1n) is 5.30. The summed E-state index contributed by atoms with van der Waals surface area (Å²) < 4.78 is 8.67. The molecule has 18 heavy (non-hydrogen) atoms. The number of aryl methyl sites for hydroxylation is 1. The number of fused-ring (bicyclic) bond motifs is 3. The molecule has 3 aromatic rings. The molecule has 3 heterocycles. The Labute approximate surface area is 107 Å².